The summed E-state index contributed by atoms with van der Waals surface area (Å²) in [6.45, 7) is 6.15. The van der Waals surface area contributed by atoms with Crippen LogP contribution in [0.5, 0.6) is 11.5 Å². The summed E-state index contributed by atoms with van der Waals surface area (Å²) in [7, 11) is 0. The topological polar surface area (TPSA) is 64.6 Å². The van der Waals surface area contributed by atoms with E-state index in [9.17, 15) is 9.59 Å². The van der Waals surface area contributed by atoms with Crippen molar-refractivity contribution in [2.24, 2.45) is 0 Å². The minimum atomic E-state index is -0.244. The number of amides is 1. The lowest BCUT2D eigenvalue weighted by Crippen LogP contribution is -2.22. The lowest BCUT2D eigenvalue weighted by molar-refractivity contribution is -0.118. The molecule has 0 unspecified atom stereocenters. The fourth-order valence-electron chi connectivity index (χ4n) is 2.57. The van der Waals surface area contributed by atoms with Gasteiger partial charge in [-0.3, -0.25) is 9.59 Å². The van der Waals surface area contributed by atoms with E-state index in [0.717, 1.165) is 29.5 Å². The Hall–Kier alpha value is -2.09. The van der Waals surface area contributed by atoms with Gasteiger partial charge in [-0.25, -0.2) is 0 Å². The lowest BCUT2D eigenvalue weighted by atomic mass is 10.1. The third-order valence-corrected chi connectivity index (χ3v) is 4.62. The van der Waals surface area contributed by atoms with Crippen molar-refractivity contribution in [1.82, 2.24) is 0 Å². The van der Waals surface area contributed by atoms with Gasteiger partial charge >= 0.3 is 0 Å². The van der Waals surface area contributed by atoms with Crippen molar-refractivity contribution in [3.63, 3.8) is 0 Å². The Bertz CT molecular complexity index is 805. The number of carbonyl (C=O) groups is 2. The van der Waals surface area contributed by atoms with Gasteiger partial charge in [0.05, 0.1) is 10.2 Å². The molecular formula is C20H22INO4. The summed E-state index contributed by atoms with van der Waals surface area (Å²) in [5.74, 6) is 0.680. The predicted octanol–water partition coefficient (Wildman–Crippen LogP) is 4.39. The van der Waals surface area contributed by atoms with E-state index >= 15 is 0 Å². The first-order valence-electron chi connectivity index (χ1n) is 8.42. The number of benzene rings is 2. The number of hydrogen-bond acceptors (Lipinski definition) is 4. The zero-order valence-corrected chi connectivity index (χ0v) is 17.3. The van der Waals surface area contributed by atoms with Crippen LogP contribution in [0.2, 0.25) is 0 Å². The van der Waals surface area contributed by atoms with E-state index in [0.29, 0.717) is 27.2 Å². The molecule has 2 rings (SSSR count). The number of carbonyl (C=O) groups excluding carboxylic acids is 2. The van der Waals surface area contributed by atoms with Gasteiger partial charge in [-0.1, -0.05) is 25.1 Å². The molecule has 0 aliphatic heterocycles. The highest BCUT2D eigenvalue weighted by Crippen LogP contribution is 2.34. The van der Waals surface area contributed by atoms with Crippen molar-refractivity contribution in [3.05, 3.63) is 50.6 Å². The van der Waals surface area contributed by atoms with E-state index in [1.54, 1.807) is 12.1 Å². The Morgan fingerprint density at radius 1 is 1.23 bits per heavy atom. The van der Waals surface area contributed by atoms with Crippen LogP contribution in [0.4, 0.5) is 5.69 Å². The molecule has 0 fully saturated rings. The van der Waals surface area contributed by atoms with Crippen LogP contribution in [-0.2, 0) is 11.2 Å². The molecule has 0 bridgehead atoms. The van der Waals surface area contributed by atoms with Crippen LogP contribution in [0.15, 0.2) is 30.3 Å². The number of aryl methyl sites for hydroxylation is 2. The largest absolute Gasteiger partial charge is 0.490 e. The number of hydrogen-bond donors (Lipinski definition) is 1. The van der Waals surface area contributed by atoms with Gasteiger partial charge in [-0.05, 0) is 66.1 Å². The Morgan fingerprint density at radius 2 is 2.00 bits per heavy atom. The molecule has 0 atom stereocenters. The zero-order chi connectivity index (χ0) is 19.1. The molecule has 2 aromatic carbocycles. The van der Waals surface area contributed by atoms with Crippen molar-refractivity contribution in [3.8, 4) is 11.5 Å². The average molecular weight is 467 g/mol. The van der Waals surface area contributed by atoms with Crippen LogP contribution >= 0.6 is 22.6 Å². The van der Waals surface area contributed by atoms with Crippen LogP contribution in [0.25, 0.3) is 0 Å². The second-order valence-corrected chi connectivity index (χ2v) is 6.84. The molecule has 0 aromatic heterocycles. The summed E-state index contributed by atoms with van der Waals surface area (Å²) in [5.41, 5.74) is 3.43. The maximum Gasteiger partial charge on any atom is 0.262 e. The first-order chi connectivity index (χ1) is 12.5. The summed E-state index contributed by atoms with van der Waals surface area (Å²) in [5, 5.41) is 2.93. The van der Waals surface area contributed by atoms with Crippen LogP contribution in [0.1, 0.15) is 35.3 Å². The van der Waals surface area contributed by atoms with Gasteiger partial charge in [0.1, 0.15) is 6.29 Å². The number of nitrogens with one attached hydrogen (secondary N) is 1. The summed E-state index contributed by atoms with van der Waals surface area (Å²) in [4.78, 5) is 23.4. The normalized spacial score (nSPS) is 10.3. The maximum absolute atomic E-state index is 12.4. The van der Waals surface area contributed by atoms with Gasteiger partial charge in [-0.2, -0.15) is 0 Å². The molecule has 5 nitrogen and oxygen atoms in total. The minimum Gasteiger partial charge on any atom is -0.490 e. The molecule has 0 radical (unpaired) electrons. The molecule has 1 amide bonds. The molecule has 0 saturated carbocycles. The number of halogens is 1. The zero-order valence-electron chi connectivity index (χ0n) is 15.1. The molecule has 138 valence electrons. The Kier molecular flexibility index (Phi) is 7.44. The summed E-state index contributed by atoms with van der Waals surface area (Å²) < 4.78 is 12.0. The average Bonchev–Trinajstić information content (AvgIpc) is 2.62. The van der Waals surface area contributed by atoms with Crippen LogP contribution in [-0.4, -0.2) is 25.4 Å². The third-order valence-electron chi connectivity index (χ3n) is 3.82. The molecular weight excluding hydrogens is 445 g/mol. The van der Waals surface area contributed by atoms with E-state index < -0.39 is 0 Å². The Balaban J connectivity index is 2.14. The minimum absolute atomic E-state index is 0.145. The van der Waals surface area contributed by atoms with Crippen LogP contribution in [0.3, 0.4) is 0 Å². The molecule has 26 heavy (non-hydrogen) atoms. The van der Waals surface area contributed by atoms with Crippen molar-refractivity contribution in [1.29, 1.82) is 0 Å². The smallest absolute Gasteiger partial charge is 0.262 e. The first-order valence-corrected chi connectivity index (χ1v) is 9.50. The van der Waals surface area contributed by atoms with Gasteiger partial charge < -0.3 is 14.8 Å². The Morgan fingerprint density at radius 3 is 2.65 bits per heavy atom. The second kappa shape index (κ2) is 9.56. The summed E-state index contributed by atoms with van der Waals surface area (Å²) in [6, 6.07) is 9.25. The fourth-order valence-corrected chi connectivity index (χ4v) is 3.36. The number of ether oxygens (including phenoxy) is 2. The van der Waals surface area contributed by atoms with Crippen molar-refractivity contribution in [2.45, 2.75) is 27.2 Å². The SMILES string of the molecule is CCOc1cc(C=O)cc(I)c1OCC(=O)Nc1c(C)cccc1CC. The fraction of sp³-hybridized carbons (Fsp3) is 0.300. The van der Waals surface area contributed by atoms with Crippen LogP contribution in [0, 0.1) is 10.5 Å². The third kappa shape index (κ3) is 4.97. The standard InChI is InChI=1S/C20H22INO4/c1-4-15-8-6-7-13(3)19(15)22-18(24)12-26-20-16(21)9-14(11-23)10-17(20)25-5-2/h6-11H,4-5,12H2,1-3H3,(H,22,24). The quantitative estimate of drug-likeness (QED) is 0.462. The number of rotatable bonds is 8. The highest BCUT2D eigenvalue weighted by Gasteiger charge is 2.15. The summed E-state index contributed by atoms with van der Waals surface area (Å²) in [6.07, 6.45) is 1.59. The summed E-state index contributed by atoms with van der Waals surface area (Å²) >= 11 is 2.07. The molecule has 2 aromatic rings. The van der Waals surface area contributed by atoms with Gasteiger partial charge in [0.15, 0.2) is 18.1 Å². The monoisotopic (exact) mass is 467 g/mol. The molecule has 0 aliphatic carbocycles. The number of aldehydes is 1. The molecule has 6 heteroatoms. The van der Waals surface area contributed by atoms with Crippen molar-refractivity contribution < 1.29 is 19.1 Å². The predicted molar refractivity (Wildman–Crippen MR) is 110 cm³/mol. The van der Waals surface area contributed by atoms with Gasteiger partial charge in [0, 0.05) is 11.3 Å². The maximum atomic E-state index is 12.4. The van der Waals surface area contributed by atoms with E-state index in [2.05, 4.69) is 27.9 Å². The highest BCUT2D eigenvalue weighted by atomic mass is 127. The molecule has 0 spiro atoms. The van der Waals surface area contributed by atoms with E-state index in [-0.39, 0.29) is 12.5 Å². The van der Waals surface area contributed by atoms with Crippen molar-refractivity contribution in [2.75, 3.05) is 18.5 Å². The lowest BCUT2D eigenvalue weighted by Gasteiger charge is -2.16. The highest BCUT2D eigenvalue weighted by molar-refractivity contribution is 14.1. The Labute approximate surface area is 167 Å². The van der Waals surface area contributed by atoms with Gasteiger partial charge in [0.25, 0.3) is 5.91 Å². The van der Waals surface area contributed by atoms with E-state index in [1.165, 1.54) is 0 Å². The van der Waals surface area contributed by atoms with Crippen LogP contribution < -0.4 is 14.8 Å². The first kappa shape index (κ1) is 20.2. The van der Waals surface area contributed by atoms with E-state index in [1.807, 2.05) is 39.0 Å². The number of para-hydroxylation sites is 1. The molecule has 0 heterocycles. The molecule has 1 N–H and O–H groups in total. The van der Waals surface area contributed by atoms with Crippen molar-refractivity contribution >= 4 is 40.5 Å². The second-order valence-electron chi connectivity index (χ2n) is 5.68. The van der Waals surface area contributed by atoms with Gasteiger partial charge in [-0.15, -0.1) is 0 Å². The van der Waals surface area contributed by atoms with E-state index in [4.69, 9.17) is 9.47 Å². The number of anilines is 1. The molecule has 0 aliphatic rings. The van der Waals surface area contributed by atoms with Gasteiger partial charge in [0.2, 0.25) is 0 Å². The molecule has 0 saturated heterocycles.